The average molecular weight is 283 g/mol. The molecule has 1 aromatic rings. The Balaban J connectivity index is 2.19. The number of carbonyl (C=O) groups excluding carboxylic acids is 1. The molecule has 0 spiro atoms. The minimum absolute atomic E-state index is 0.203. The van der Waals surface area contributed by atoms with E-state index in [2.05, 4.69) is 22.5 Å². The number of aliphatic hydroxyl groups excluding tert-OH is 1. The van der Waals surface area contributed by atoms with Crippen LogP contribution in [0.15, 0.2) is 40.9 Å². The lowest BCUT2D eigenvalue weighted by Gasteiger charge is -2.16. The van der Waals surface area contributed by atoms with Crippen LogP contribution in [0.1, 0.15) is 11.7 Å². The molecule has 0 saturated carbocycles. The van der Waals surface area contributed by atoms with E-state index in [1.54, 1.807) is 0 Å². The third-order valence-corrected chi connectivity index (χ3v) is 3.23. The first-order valence-corrected chi connectivity index (χ1v) is 5.68. The molecule has 1 fully saturated rings. The lowest BCUT2D eigenvalue weighted by atomic mass is 9.92. The van der Waals surface area contributed by atoms with Crippen molar-refractivity contribution in [2.45, 2.75) is 6.10 Å². The fourth-order valence-electron chi connectivity index (χ4n) is 1.68. The lowest BCUT2D eigenvalue weighted by Crippen LogP contribution is -2.14. The molecule has 1 heterocycles. The topological polar surface area (TPSA) is 46.5 Å². The number of carbonyl (C=O) groups is 1. The second-order valence-corrected chi connectivity index (χ2v) is 4.64. The maximum atomic E-state index is 11.1. The van der Waals surface area contributed by atoms with Gasteiger partial charge in [0.1, 0.15) is 6.61 Å². The number of hydrogen-bond acceptors (Lipinski definition) is 3. The summed E-state index contributed by atoms with van der Waals surface area (Å²) in [6.45, 7) is 3.84. The molecule has 1 N–H and O–H groups in total. The van der Waals surface area contributed by atoms with Gasteiger partial charge in [-0.25, -0.2) is 4.79 Å². The molecule has 1 aromatic carbocycles. The highest BCUT2D eigenvalue weighted by Crippen LogP contribution is 2.32. The van der Waals surface area contributed by atoms with Crippen molar-refractivity contribution in [2.75, 3.05) is 6.61 Å². The van der Waals surface area contributed by atoms with Gasteiger partial charge < -0.3 is 9.84 Å². The fraction of sp³-hybridized carbons (Fsp3) is 0.250. The first-order chi connectivity index (χ1) is 7.59. The van der Waals surface area contributed by atoms with Crippen LogP contribution in [0.3, 0.4) is 0 Å². The van der Waals surface area contributed by atoms with Crippen molar-refractivity contribution >= 4 is 21.9 Å². The largest absolute Gasteiger partial charge is 0.462 e. The van der Waals surface area contributed by atoms with Crippen LogP contribution >= 0.6 is 15.9 Å². The van der Waals surface area contributed by atoms with Crippen molar-refractivity contribution in [3.8, 4) is 0 Å². The number of esters is 1. The van der Waals surface area contributed by atoms with Crippen LogP contribution in [-0.2, 0) is 9.53 Å². The molecule has 0 aromatic heterocycles. The van der Waals surface area contributed by atoms with E-state index in [4.69, 9.17) is 4.74 Å². The number of hydrogen-bond donors (Lipinski definition) is 1. The zero-order chi connectivity index (χ0) is 11.7. The van der Waals surface area contributed by atoms with Gasteiger partial charge >= 0.3 is 5.97 Å². The van der Waals surface area contributed by atoms with Crippen molar-refractivity contribution in [1.82, 2.24) is 0 Å². The van der Waals surface area contributed by atoms with E-state index >= 15 is 0 Å². The van der Waals surface area contributed by atoms with Gasteiger partial charge in [0.25, 0.3) is 0 Å². The number of ether oxygens (including phenoxy) is 1. The zero-order valence-corrected chi connectivity index (χ0v) is 10.1. The van der Waals surface area contributed by atoms with Gasteiger partial charge in [-0.3, -0.25) is 0 Å². The molecule has 16 heavy (non-hydrogen) atoms. The van der Waals surface area contributed by atoms with E-state index in [0.29, 0.717) is 5.57 Å². The Bertz CT molecular complexity index is 424. The number of aliphatic hydroxyl groups is 1. The standard InChI is InChI=1S/C12H11BrO3/c1-7-10(6-16-12(7)15)11(14)8-2-4-9(13)5-3-8/h2-5,10-11,14H,1,6H2. The highest BCUT2D eigenvalue weighted by molar-refractivity contribution is 9.10. The summed E-state index contributed by atoms with van der Waals surface area (Å²) in [5, 5.41) is 10.1. The van der Waals surface area contributed by atoms with Gasteiger partial charge in [0.05, 0.1) is 12.0 Å². The molecule has 0 aliphatic carbocycles. The Labute approximate surface area is 102 Å². The summed E-state index contributed by atoms with van der Waals surface area (Å²) in [5.41, 5.74) is 1.10. The molecule has 2 unspecified atom stereocenters. The van der Waals surface area contributed by atoms with Crippen molar-refractivity contribution < 1.29 is 14.6 Å². The molecule has 0 radical (unpaired) electrons. The molecule has 2 rings (SSSR count). The van der Waals surface area contributed by atoms with Gasteiger partial charge in [-0.2, -0.15) is 0 Å². The third-order valence-electron chi connectivity index (χ3n) is 2.70. The Morgan fingerprint density at radius 2 is 2.06 bits per heavy atom. The molecule has 1 aliphatic heterocycles. The van der Waals surface area contributed by atoms with E-state index in [-0.39, 0.29) is 12.5 Å². The predicted molar refractivity (Wildman–Crippen MR) is 62.7 cm³/mol. The van der Waals surface area contributed by atoms with Crippen molar-refractivity contribution in [3.63, 3.8) is 0 Å². The van der Waals surface area contributed by atoms with Crippen molar-refractivity contribution in [3.05, 3.63) is 46.5 Å². The average Bonchev–Trinajstić information content (AvgIpc) is 2.60. The van der Waals surface area contributed by atoms with E-state index < -0.39 is 12.1 Å². The predicted octanol–water partition coefficient (Wildman–Crippen LogP) is 2.21. The normalized spacial score (nSPS) is 22.0. The van der Waals surface area contributed by atoms with Crippen molar-refractivity contribution in [1.29, 1.82) is 0 Å². The summed E-state index contributed by atoms with van der Waals surface area (Å²) < 4.78 is 5.78. The first-order valence-electron chi connectivity index (χ1n) is 4.89. The fourth-order valence-corrected chi connectivity index (χ4v) is 1.95. The van der Waals surface area contributed by atoms with E-state index in [1.165, 1.54) is 0 Å². The van der Waals surface area contributed by atoms with Gasteiger partial charge in [-0.1, -0.05) is 34.6 Å². The summed E-state index contributed by atoms with van der Waals surface area (Å²) in [6, 6.07) is 7.31. The first kappa shape index (κ1) is 11.4. The molecule has 0 amide bonds. The zero-order valence-electron chi connectivity index (χ0n) is 8.52. The molecular weight excluding hydrogens is 272 g/mol. The molecule has 4 heteroatoms. The van der Waals surface area contributed by atoms with Gasteiger partial charge in [-0.15, -0.1) is 0 Å². The monoisotopic (exact) mass is 282 g/mol. The molecular formula is C12H11BrO3. The summed E-state index contributed by atoms with van der Waals surface area (Å²) in [6.07, 6.45) is -0.743. The molecule has 3 nitrogen and oxygen atoms in total. The number of cyclic esters (lactones) is 1. The Morgan fingerprint density at radius 3 is 2.56 bits per heavy atom. The van der Waals surface area contributed by atoms with Gasteiger partial charge in [0.2, 0.25) is 0 Å². The maximum absolute atomic E-state index is 11.1. The minimum atomic E-state index is -0.743. The Hall–Kier alpha value is -1.13. The lowest BCUT2D eigenvalue weighted by molar-refractivity contribution is -0.135. The van der Waals surface area contributed by atoms with Crippen LogP contribution in [-0.4, -0.2) is 17.7 Å². The Kier molecular flexibility index (Phi) is 3.12. The molecule has 0 bridgehead atoms. The maximum Gasteiger partial charge on any atom is 0.333 e. The number of halogens is 1. The highest BCUT2D eigenvalue weighted by atomic mass is 79.9. The van der Waals surface area contributed by atoms with Crippen LogP contribution in [0.4, 0.5) is 0 Å². The second-order valence-electron chi connectivity index (χ2n) is 3.73. The molecule has 84 valence electrons. The minimum Gasteiger partial charge on any atom is -0.462 e. The van der Waals surface area contributed by atoms with Crippen LogP contribution in [0, 0.1) is 5.92 Å². The van der Waals surface area contributed by atoms with Gasteiger partial charge in [0.15, 0.2) is 0 Å². The molecule has 1 saturated heterocycles. The van der Waals surface area contributed by atoms with Crippen molar-refractivity contribution in [2.24, 2.45) is 5.92 Å². The van der Waals surface area contributed by atoms with E-state index in [0.717, 1.165) is 10.0 Å². The SMILES string of the molecule is C=C1C(=O)OCC1C(O)c1ccc(Br)cc1. The van der Waals surface area contributed by atoms with Crippen LogP contribution < -0.4 is 0 Å². The van der Waals surface area contributed by atoms with Crippen LogP contribution in [0.5, 0.6) is 0 Å². The van der Waals surface area contributed by atoms with E-state index in [9.17, 15) is 9.90 Å². The van der Waals surface area contributed by atoms with Gasteiger partial charge in [0, 0.05) is 10.0 Å². The summed E-state index contributed by atoms with van der Waals surface area (Å²) in [7, 11) is 0. The van der Waals surface area contributed by atoms with Crippen LogP contribution in [0.25, 0.3) is 0 Å². The Morgan fingerprint density at radius 1 is 1.44 bits per heavy atom. The smallest absolute Gasteiger partial charge is 0.333 e. The number of benzene rings is 1. The second kappa shape index (κ2) is 4.39. The highest BCUT2D eigenvalue weighted by Gasteiger charge is 2.34. The van der Waals surface area contributed by atoms with Crippen LogP contribution in [0.2, 0.25) is 0 Å². The number of rotatable bonds is 2. The third kappa shape index (κ3) is 2.03. The molecule has 1 aliphatic rings. The van der Waals surface area contributed by atoms with E-state index in [1.807, 2.05) is 24.3 Å². The van der Waals surface area contributed by atoms with Gasteiger partial charge in [-0.05, 0) is 17.7 Å². The molecule has 2 atom stereocenters. The summed E-state index contributed by atoms with van der Waals surface area (Å²) >= 11 is 3.32. The summed E-state index contributed by atoms with van der Waals surface area (Å²) in [4.78, 5) is 11.1. The quantitative estimate of drug-likeness (QED) is 0.668. The summed E-state index contributed by atoms with van der Waals surface area (Å²) in [5.74, 6) is -0.755.